The van der Waals surface area contributed by atoms with Gasteiger partial charge in [0.15, 0.2) is 17.6 Å². The Labute approximate surface area is 188 Å². The minimum absolute atomic E-state index is 0.0853. The van der Waals surface area contributed by atoms with Gasteiger partial charge in [-0.25, -0.2) is 0 Å². The molecule has 0 aliphatic heterocycles. The van der Waals surface area contributed by atoms with Crippen molar-refractivity contribution in [2.45, 2.75) is 18.9 Å². The van der Waals surface area contributed by atoms with Gasteiger partial charge in [0.05, 0.1) is 0 Å². The molecule has 1 amide bonds. The second-order valence-electron chi connectivity index (χ2n) is 6.31. The molecule has 1 atom stereocenters. The number of hydrogen-bond donors (Lipinski definition) is 1. The molecule has 5 nitrogen and oxygen atoms in total. The van der Waals surface area contributed by atoms with Gasteiger partial charge in [0.2, 0.25) is 0 Å². The number of benzene rings is 2. The van der Waals surface area contributed by atoms with Gasteiger partial charge >= 0.3 is 6.36 Å². The third-order valence-corrected chi connectivity index (χ3v) is 4.25. The van der Waals surface area contributed by atoms with E-state index in [0.29, 0.717) is 16.1 Å². The van der Waals surface area contributed by atoms with Crippen LogP contribution in [0.2, 0.25) is 5.02 Å². The van der Waals surface area contributed by atoms with Crippen molar-refractivity contribution in [1.29, 1.82) is 0 Å². The number of hydrogen-bond acceptors (Lipinski definition) is 4. The first-order valence-electron chi connectivity index (χ1n) is 9.26. The molecule has 9 heteroatoms. The Morgan fingerprint density at radius 1 is 1.06 bits per heavy atom. The molecule has 2 rings (SSSR count). The van der Waals surface area contributed by atoms with Crippen molar-refractivity contribution >= 4 is 17.5 Å². The Hall–Kier alpha value is -3.33. The molecule has 1 N–H and O–H groups in total. The van der Waals surface area contributed by atoms with Gasteiger partial charge < -0.3 is 19.5 Å². The number of amides is 1. The molecule has 0 spiro atoms. The van der Waals surface area contributed by atoms with Crippen LogP contribution in [0.15, 0.2) is 42.5 Å². The average Bonchev–Trinajstić information content (AvgIpc) is 2.73. The molecule has 1 unspecified atom stereocenters. The fraction of sp³-hybridized carbons (Fsp3) is 0.261. The number of alkyl halides is 3. The quantitative estimate of drug-likeness (QED) is 0.532. The van der Waals surface area contributed by atoms with Crippen LogP contribution in [0.1, 0.15) is 17.2 Å². The van der Waals surface area contributed by atoms with Gasteiger partial charge in [-0.3, -0.25) is 4.79 Å². The number of ether oxygens (including phenoxy) is 3. The van der Waals surface area contributed by atoms with Crippen LogP contribution < -0.4 is 14.8 Å². The molecule has 168 valence electrons. The SMILES string of the molecule is C#CCOc1ccc(CCNC(=O)C(OCC#C)c2ccc(Cl)cc2)cc1OC(F)(F)F. The van der Waals surface area contributed by atoms with E-state index in [9.17, 15) is 18.0 Å². The van der Waals surface area contributed by atoms with Gasteiger partial charge in [0.1, 0.15) is 13.2 Å². The average molecular weight is 466 g/mol. The Bertz CT molecular complexity index is 994. The lowest BCUT2D eigenvalue weighted by Crippen LogP contribution is -2.32. The molecule has 0 bridgehead atoms. The highest BCUT2D eigenvalue weighted by molar-refractivity contribution is 6.30. The number of rotatable bonds is 10. The normalized spacial score (nSPS) is 11.7. The van der Waals surface area contributed by atoms with E-state index in [4.69, 9.17) is 33.9 Å². The lowest BCUT2D eigenvalue weighted by atomic mass is 10.1. The Kier molecular flexibility index (Phi) is 9.27. The second kappa shape index (κ2) is 11.9. The van der Waals surface area contributed by atoms with Crippen LogP contribution in [0.25, 0.3) is 0 Å². The topological polar surface area (TPSA) is 56.8 Å². The zero-order valence-corrected chi connectivity index (χ0v) is 17.5. The highest BCUT2D eigenvalue weighted by Crippen LogP contribution is 2.33. The first-order valence-corrected chi connectivity index (χ1v) is 9.64. The monoisotopic (exact) mass is 465 g/mol. The summed E-state index contributed by atoms with van der Waals surface area (Å²) >= 11 is 5.87. The number of terminal acetylenes is 2. The Morgan fingerprint density at radius 3 is 2.38 bits per heavy atom. The van der Waals surface area contributed by atoms with Crippen molar-refractivity contribution in [1.82, 2.24) is 5.32 Å². The molecule has 0 aliphatic rings. The summed E-state index contributed by atoms with van der Waals surface area (Å²) in [7, 11) is 0. The van der Waals surface area contributed by atoms with Gasteiger partial charge in [-0.15, -0.1) is 26.0 Å². The van der Waals surface area contributed by atoms with Crippen molar-refractivity contribution in [3.05, 3.63) is 58.6 Å². The second-order valence-corrected chi connectivity index (χ2v) is 6.75. The lowest BCUT2D eigenvalue weighted by molar-refractivity contribution is -0.275. The van der Waals surface area contributed by atoms with E-state index >= 15 is 0 Å². The van der Waals surface area contributed by atoms with Crippen LogP contribution in [-0.4, -0.2) is 32.0 Å². The van der Waals surface area contributed by atoms with Crippen molar-refractivity contribution in [3.8, 4) is 36.2 Å². The summed E-state index contributed by atoms with van der Waals surface area (Å²) < 4.78 is 52.6. The van der Waals surface area contributed by atoms with E-state index < -0.39 is 24.1 Å². The molecular formula is C23H19ClF3NO4. The zero-order chi connectivity index (χ0) is 23.6. The highest BCUT2D eigenvalue weighted by atomic mass is 35.5. The largest absolute Gasteiger partial charge is 0.573 e. The minimum Gasteiger partial charge on any atom is -0.477 e. The molecule has 0 saturated carbocycles. The molecule has 2 aromatic carbocycles. The Balaban J connectivity index is 2.05. The fourth-order valence-corrected chi connectivity index (χ4v) is 2.79. The summed E-state index contributed by atoms with van der Waals surface area (Å²) in [5, 5.41) is 3.18. The van der Waals surface area contributed by atoms with Crippen molar-refractivity contribution in [2.75, 3.05) is 19.8 Å². The van der Waals surface area contributed by atoms with E-state index in [-0.39, 0.29) is 31.9 Å². The summed E-state index contributed by atoms with van der Waals surface area (Å²) in [5.74, 6) is 3.36. The maximum atomic E-state index is 12.7. The first kappa shape index (κ1) is 24.9. The summed E-state index contributed by atoms with van der Waals surface area (Å²) in [6, 6.07) is 10.5. The third kappa shape index (κ3) is 8.07. The Morgan fingerprint density at radius 2 is 1.75 bits per heavy atom. The number of halogens is 4. The van der Waals surface area contributed by atoms with Gasteiger partial charge in [-0.2, -0.15) is 0 Å². The maximum absolute atomic E-state index is 12.7. The molecule has 0 saturated heterocycles. The van der Waals surface area contributed by atoms with E-state index in [1.54, 1.807) is 30.3 Å². The van der Waals surface area contributed by atoms with E-state index in [1.165, 1.54) is 12.1 Å². The van der Waals surface area contributed by atoms with Crippen LogP contribution in [0.4, 0.5) is 13.2 Å². The molecule has 0 fully saturated rings. The van der Waals surface area contributed by atoms with Crippen LogP contribution >= 0.6 is 11.6 Å². The summed E-state index contributed by atoms with van der Waals surface area (Å²) in [4.78, 5) is 12.6. The molecule has 0 aromatic heterocycles. The van der Waals surface area contributed by atoms with Crippen molar-refractivity contribution in [2.24, 2.45) is 0 Å². The van der Waals surface area contributed by atoms with E-state index in [1.807, 2.05) is 0 Å². The molecule has 0 heterocycles. The van der Waals surface area contributed by atoms with E-state index in [2.05, 4.69) is 21.9 Å². The summed E-state index contributed by atoms with van der Waals surface area (Å²) in [6.45, 7) is -0.177. The van der Waals surface area contributed by atoms with Crippen molar-refractivity contribution in [3.63, 3.8) is 0 Å². The first-order chi connectivity index (χ1) is 15.2. The van der Waals surface area contributed by atoms with Gasteiger partial charge in [0.25, 0.3) is 5.91 Å². The van der Waals surface area contributed by atoms with Gasteiger partial charge in [-0.05, 0) is 41.8 Å². The van der Waals surface area contributed by atoms with Gasteiger partial charge in [-0.1, -0.05) is 41.6 Å². The number of nitrogens with one attached hydrogen (secondary N) is 1. The summed E-state index contributed by atoms with van der Waals surface area (Å²) in [5.41, 5.74) is 1.03. The molecule has 32 heavy (non-hydrogen) atoms. The highest BCUT2D eigenvalue weighted by Gasteiger charge is 2.32. The molecule has 0 radical (unpaired) electrons. The fourth-order valence-electron chi connectivity index (χ4n) is 2.67. The van der Waals surface area contributed by atoms with Crippen LogP contribution in [0.5, 0.6) is 11.5 Å². The van der Waals surface area contributed by atoms with Crippen LogP contribution in [-0.2, 0) is 16.0 Å². The van der Waals surface area contributed by atoms with E-state index in [0.717, 1.165) is 0 Å². The van der Waals surface area contributed by atoms with Crippen molar-refractivity contribution < 1.29 is 32.2 Å². The minimum atomic E-state index is -4.90. The predicted molar refractivity (Wildman–Crippen MR) is 113 cm³/mol. The third-order valence-electron chi connectivity index (χ3n) is 4.00. The maximum Gasteiger partial charge on any atom is 0.573 e. The standard InChI is InChI=1S/C23H19ClF3NO4/c1-3-13-30-19-10-5-16(15-20(19)32-23(25,26)27)11-12-28-22(29)21(31-14-4-2)17-6-8-18(24)9-7-17/h1-2,5-10,15,21H,11-14H2,(H,28,29). The smallest absolute Gasteiger partial charge is 0.477 e. The number of carbonyl (C=O) groups is 1. The molecular weight excluding hydrogens is 447 g/mol. The number of carbonyl (C=O) groups excluding carboxylic acids is 1. The summed E-state index contributed by atoms with van der Waals surface area (Å²) in [6.07, 6.45) is 4.64. The lowest BCUT2D eigenvalue weighted by Gasteiger charge is -2.17. The zero-order valence-electron chi connectivity index (χ0n) is 16.7. The molecule has 2 aromatic rings. The van der Waals surface area contributed by atoms with Gasteiger partial charge in [0, 0.05) is 11.6 Å². The molecule has 0 aliphatic carbocycles. The predicted octanol–water partition coefficient (Wildman–Crippen LogP) is 4.30. The van der Waals surface area contributed by atoms with Crippen LogP contribution in [0, 0.1) is 24.7 Å². The van der Waals surface area contributed by atoms with Crippen LogP contribution in [0.3, 0.4) is 0 Å².